The Morgan fingerprint density at radius 1 is 1.14 bits per heavy atom. The van der Waals surface area contributed by atoms with Crippen LogP contribution in [0.5, 0.6) is 0 Å². The van der Waals surface area contributed by atoms with Crippen molar-refractivity contribution in [2.24, 2.45) is 0 Å². The fourth-order valence-corrected chi connectivity index (χ4v) is 3.52. The standard InChI is InChI=1S/C18H15BrN2O/c19-16-10-5-4-9-15(16)17(22)21-12-6-11-18(21,13-20)14-7-2-1-3-8-14/h1-5,7-10H,6,11-12H2/t18-/m0/s1. The molecular weight excluding hydrogens is 340 g/mol. The van der Waals surface area contributed by atoms with E-state index < -0.39 is 5.54 Å². The average molecular weight is 355 g/mol. The van der Waals surface area contributed by atoms with E-state index in [4.69, 9.17) is 0 Å². The van der Waals surface area contributed by atoms with E-state index in [9.17, 15) is 10.1 Å². The molecule has 1 aliphatic heterocycles. The average Bonchev–Trinajstić information content (AvgIpc) is 3.01. The van der Waals surface area contributed by atoms with Crippen LogP contribution in [-0.2, 0) is 5.54 Å². The van der Waals surface area contributed by atoms with Crippen LogP contribution in [-0.4, -0.2) is 17.4 Å². The van der Waals surface area contributed by atoms with Gasteiger partial charge >= 0.3 is 0 Å². The second-order valence-electron chi connectivity index (χ2n) is 5.38. The normalized spacial score (nSPS) is 20.6. The second-order valence-corrected chi connectivity index (χ2v) is 6.23. The van der Waals surface area contributed by atoms with Gasteiger partial charge in [0.1, 0.15) is 0 Å². The Bertz CT molecular complexity index is 738. The number of hydrogen-bond donors (Lipinski definition) is 0. The third-order valence-corrected chi connectivity index (χ3v) is 4.86. The van der Waals surface area contributed by atoms with E-state index in [2.05, 4.69) is 22.0 Å². The molecule has 0 saturated carbocycles. The van der Waals surface area contributed by atoms with Crippen LogP contribution in [0.3, 0.4) is 0 Å². The Morgan fingerprint density at radius 2 is 1.82 bits per heavy atom. The molecule has 1 fully saturated rings. The molecule has 0 N–H and O–H groups in total. The zero-order valence-corrected chi connectivity index (χ0v) is 13.6. The first-order valence-electron chi connectivity index (χ1n) is 7.22. The molecule has 3 nitrogen and oxygen atoms in total. The molecule has 4 heteroatoms. The number of benzene rings is 2. The molecule has 2 aromatic carbocycles. The van der Waals surface area contributed by atoms with E-state index >= 15 is 0 Å². The summed E-state index contributed by atoms with van der Waals surface area (Å²) in [6, 6.07) is 19.3. The fourth-order valence-electron chi connectivity index (χ4n) is 3.07. The molecule has 1 saturated heterocycles. The Balaban J connectivity index is 2.05. The van der Waals surface area contributed by atoms with Gasteiger partial charge in [-0.25, -0.2) is 0 Å². The lowest BCUT2D eigenvalue weighted by Crippen LogP contribution is -2.44. The number of likely N-dealkylation sites (tertiary alicyclic amines) is 1. The molecule has 0 radical (unpaired) electrons. The van der Waals surface area contributed by atoms with Gasteiger partial charge in [0.2, 0.25) is 0 Å². The highest BCUT2D eigenvalue weighted by molar-refractivity contribution is 9.10. The van der Waals surface area contributed by atoms with Crippen molar-refractivity contribution in [1.82, 2.24) is 4.90 Å². The van der Waals surface area contributed by atoms with Crippen LogP contribution in [0.2, 0.25) is 0 Å². The summed E-state index contributed by atoms with van der Waals surface area (Å²) < 4.78 is 0.756. The molecule has 22 heavy (non-hydrogen) atoms. The van der Waals surface area contributed by atoms with Crippen LogP contribution in [0.4, 0.5) is 0 Å². The van der Waals surface area contributed by atoms with E-state index in [0.717, 1.165) is 16.5 Å². The van der Waals surface area contributed by atoms with Gasteiger partial charge < -0.3 is 4.90 Å². The van der Waals surface area contributed by atoms with Crippen LogP contribution < -0.4 is 0 Å². The molecule has 1 aliphatic rings. The molecule has 0 aliphatic carbocycles. The summed E-state index contributed by atoms with van der Waals surface area (Å²) in [6.45, 7) is 0.600. The van der Waals surface area contributed by atoms with Crippen molar-refractivity contribution >= 4 is 21.8 Å². The summed E-state index contributed by atoms with van der Waals surface area (Å²) in [6.07, 6.45) is 1.50. The highest BCUT2D eigenvalue weighted by Gasteiger charge is 2.45. The molecule has 1 amide bonds. The van der Waals surface area contributed by atoms with Crippen LogP contribution in [0.1, 0.15) is 28.8 Å². The van der Waals surface area contributed by atoms with Crippen molar-refractivity contribution in [1.29, 1.82) is 5.26 Å². The molecule has 110 valence electrons. The SMILES string of the molecule is N#C[C@]1(c2ccccc2)CCCN1C(=O)c1ccccc1Br. The summed E-state index contributed by atoms with van der Waals surface area (Å²) in [5.41, 5.74) is 0.614. The quantitative estimate of drug-likeness (QED) is 0.814. The van der Waals surface area contributed by atoms with Crippen molar-refractivity contribution < 1.29 is 4.79 Å². The molecule has 1 heterocycles. The monoisotopic (exact) mass is 354 g/mol. The number of carbonyl (C=O) groups excluding carboxylic acids is 1. The predicted molar refractivity (Wildman–Crippen MR) is 88.1 cm³/mol. The predicted octanol–water partition coefficient (Wildman–Crippen LogP) is 4.10. The van der Waals surface area contributed by atoms with Gasteiger partial charge in [0.05, 0.1) is 11.6 Å². The lowest BCUT2D eigenvalue weighted by molar-refractivity contribution is 0.0669. The van der Waals surface area contributed by atoms with Gasteiger partial charge in [0.15, 0.2) is 5.54 Å². The molecule has 2 aromatic rings. The number of halogens is 1. The summed E-state index contributed by atoms with van der Waals surface area (Å²) in [7, 11) is 0. The Labute approximate surface area is 138 Å². The van der Waals surface area contributed by atoms with Gasteiger partial charge in [0, 0.05) is 11.0 Å². The van der Waals surface area contributed by atoms with Crippen LogP contribution in [0.15, 0.2) is 59.1 Å². The number of rotatable bonds is 2. The van der Waals surface area contributed by atoms with Crippen molar-refractivity contribution in [2.75, 3.05) is 6.54 Å². The first-order valence-corrected chi connectivity index (χ1v) is 8.01. The van der Waals surface area contributed by atoms with Crippen molar-refractivity contribution in [3.8, 4) is 6.07 Å². The van der Waals surface area contributed by atoms with Crippen molar-refractivity contribution in [3.63, 3.8) is 0 Å². The molecule has 1 atom stereocenters. The number of carbonyl (C=O) groups is 1. The first kappa shape index (κ1) is 14.8. The van der Waals surface area contributed by atoms with Gasteiger partial charge in [-0.1, -0.05) is 42.5 Å². The van der Waals surface area contributed by atoms with Gasteiger partial charge in [-0.2, -0.15) is 5.26 Å². The molecular formula is C18H15BrN2O. The number of amides is 1. The zero-order valence-electron chi connectivity index (χ0n) is 12.0. The third kappa shape index (κ3) is 2.32. The first-order chi connectivity index (χ1) is 10.7. The topological polar surface area (TPSA) is 44.1 Å². The largest absolute Gasteiger partial charge is 0.316 e. The van der Waals surface area contributed by atoms with Crippen LogP contribution in [0.25, 0.3) is 0 Å². The Hall–Kier alpha value is -2.12. The molecule has 0 bridgehead atoms. The highest BCUT2D eigenvalue weighted by atomic mass is 79.9. The zero-order chi connectivity index (χ0) is 15.6. The third-order valence-electron chi connectivity index (χ3n) is 4.17. The summed E-state index contributed by atoms with van der Waals surface area (Å²) in [5.74, 6) is -0.102. The summed E-state index contributed by atoms with van der Waals surface area (Å²) in [5, 5.41) is 9.85. The highest BCUT2D eigenvalue weighted by Crippen LogP contribution is 2.39. The second kappa shape index (κ2) is 5.94. The van der Waals surface area contributed by atoms with Gasteiger partial charge in [0.25, 0.3) is 5.91 Å². The van der Waals surface area contributed by atoms with Gasteiger partial charge in [-0.3, -0.25) is 4.79 Å². The minimum Gasteiger partial charge on any atom is -0.316 e. The maximum Gasteiger partial charge on any atom is 0.256 e. The number of nitriles is 1. The molecule has 3 rings (SSSR count). The Kier molecular flexibility index (Phi) is 4.00. The minimum atomic E-state index is -0.867. The van der Waals surface area contributed by atoms with Crippen molar-refractivity contribution in [2.45, 2.75) is 18.4 Å². The summed E-state index contributed by atoms with van der Waals surface area (Å²) >= 11 is 3.43. The van der Waals surface area contributed by atoms with Crippen LogP contribution >= 0.6 is 15.9 Å². The lowest BCUT2D eigenvalue weighted by Gasteiger charge is -2.33. The Morgan fingerprint density at radius 3 is 2.50 bits per heavy atom. The molecule has 0 spiro atoms. The molecule has 0 unspecified atom stereocenters. The van der Waals surface area contributed by atoms with Crippen LogP contribution in [0, 0.1) is 11.3 Å². The van der Waals surface area contributed by atoms with E-state index in [0.29, 0.717) is 18.5 Å². The van der Waals surface area contributed by atoms with E-state index in [1.54, 1.807) is 11.0 Å². The van der Waals surface area contributed by atoms with Crippen molar-refractivity contribution in [3.05, 3.63) is 70.2 Å². The number of nitrogens with zero attached hydrogens (tertiary/aromatic N) is 2. The number of hydrogen-bond acceptors (Lipinski definition) is 2. The minimum absolute atomic E-state index is 0.102. The van der Waals surface area contributed by atoms with E-state index in [1.807, 2.05) is 48.5 Å². The maximum absolute atomic E-state index is 13.0. The maximum atomic E-state index is 13.0. The lowest BCUT2D eigenvalue weighted by atomic mass is 9.88. The van der Waals surface area contributed by atoms with E-state index in [-0.39, 0.29) is 5.91 Å². The molecule has 0 aromatic heterocycles. The van der Waals surface area contributed by atoms with E-state index in [1.165, 1.54) is 0 Å². The van der Waals surface area contributed by atoms with Gasteiger partial charge in [-0.15, -0.1) is 0 Å². The summed E-state index contributed by atoms with van der Waals surface area (Å²) in [4.78, 5) is 14.7. The smallest absolute Gasteiger partial charge is 0.256 e. The fraction of sp³-hybridized carbons (Fsp3) is 0.222. The van der Waals surface area contributed by atoms with Gasteiger partial charge in [-0.05, 0) is 46.5 Å².